The molecule has 3 aliphatic heterocycles. The van der Waals surface area contributed by atoms with E-state index in [0.717, 1.165) is 6.42 Å². The number of benzene rings is 6. The molecular weight excluding hydrogens is 591 g/mol. The molecule has 1 atom stereocenters. The van der Waals surface area contributed by atoms with E-state index in [0.29, 0.717) is 0 Å². The van der Waals surface area contributed by atoms with Crippen LogP contribution in [0.15, 0.2) is 140 Å². The van der Waals surface area contributed by atoms with Gasteiger partial charge in [0.05, 0.1) is 11.6 Å². The van der Waals surface area contributed by atoms with E-state index in [4.69, 9.17) is 0 Å². The van der Waals surface area contributed by atoms with E-state index >= 15 is 0 Å². The second-order valence-corrected chi connectivity index (χ2v) is 15.3. The fourth-order valence-electron chi connectivity index (χ4n) is 9.37. The second kappa shape index (κ2) is 9.54. The first kappa shape index (κ1) is 27.4. The zero-order valence-electron chi connectivity index (χ0n) is 28.0. The molecule has 3 heteroatoms. The summed E-state index contributed by atoms with van der Waals surface area (Å²) < 4.78 is 2.61. The summed E-state index contributed by atoms with van der Waals surface area (Å²) in [7, 11) is 0. The molecule has 232 valence electrons. The van der Waals surface area contributed by atoms with Crippen LogP contribution in [0.1, 0.15) is 43.9 Å². The third kappa shape index (κ3) is 3.63. The van der Waals surface area contributed by atoms with E-state index in [9.17, 15) is 0 Å². The summed E-state index contributed by atoms with van der Waals surface area (Å²) in [6.07, 6.45) is 5.92. The van der Waals surface area contributed by atoms with E-state index < -0.39 is 0 Å². The summed E-state index contributed by atoms with van der Waals surface area (Å²) in [5.41, 5.74) is 20.4. The van der Waals surface area contributed by atoms with Crippen LogP contribution in [0.2, 0.25) is 0 Å². The SMILES string of the molecule is CC(C)(C)c1cc2c3c(c1)-n1c4ccccc4c4cc(-c5ccccc5)cc(c41)B3c1cccc3c1N2C1CC=C(c2ccccc2)C=C31. The molecule has 0 radical (unpaired) electrons. The molecule has 0 N–H and O–H groups in total. The highest BCUT2D eigenvalue weighted by Crippen LogP contribution is 2.51. The minimum Gasteiger partial charge on any atom is -0.334 e. The Kier molecular flexibility index (Phi) is 5.34. The van der Waals surface area contributed by atoms with Crippen LogP contribution in [0.4, 0.5) is 11.4 Å². The lowest BCUT2D eigenvalue weighted by molar-refractivity contribution is 0.590. The van der Waals surface area contributed by atoms with E-state index in [1.807, 2.05) is 0 Å². The van der Waals surface area contributed by atoms with E-state index in [1.54, 1.807) is 0 Å². The Morgan fingerprint density at radius 3 is 2.18 bits per heavy atom. The molecule has 7 aromatic rings. The van der Waals surface area contributed by atoms with Gasteiger partial charge in [0, 0.05) is 38.9 Å². The first-order valence-corrected chi connectivity index (χ1v) is 17.7. The van der Waals surface area contributed by atoms with E-state index in [1.165, 1.54) is 94.2 Å². The van der Waals surface area contributed by atoms with Crippen molar-refractivity contribution in [2.24, 2.45) is 0 Å². The Hall–Kier alpha value is -5.54. The number of hydrogen-bond acceptors (Lipinski definition) is 1. The lowest BCUT2D eigenvalue weighted by Crippen LogP contribution is -2.61. The molecule has 11 rings (SSSR count). The Balaban J connectivity index is 1.26. The number of fused-ring (bicyclic) bond motifs is 10. The van der Waals surface area contributed by atoms with E-state index in [-0.39, 0.29) is 18.2 Å². The van der Waals surface area contributed by atoms with Gasteiger partial charge in [-0.3, -0.25) is 0 Å². The number of allylic oxidation sites excluding steroid dienone is 2. The largest absolute Gasteiger partial charge is 0.334 e. The lowest BCUT2D eigenvalue weighted by atomic mass is 9.33. The van der Waals surface area contributed by atoms with E-state index in [2.05, 4.69) is 170 Å². The molecule has 1 aliphatic carbocycles. The summed E-state index contributed by atoms with van der Waals surface area (Å²) in [4.78, 5) is 2.73. The fraction of sp³-hybridized carbons (Fsp3) is 0.130. The predicted octanol–water partition coefficient (Wildman–Crippen LogP) is 9.28. The topological polar surface area (TPSA) is 8.17 Å². The van der Waals surface area contributed by atoms with Gasteiger partial charge >= 0.3 is 0 Å². The number of para-hydroxylation sites is 2. The number of anilines is 2. The van der Waals surface area contributed by atoms with Gasteiger partial charge in [-0.05, 0) is 92.0 Å². The maximum Gasteiger partial charge on any atom is 0.252 e. The molecule has 0 amide bonds. The Morgan fingerprint density at radius 1 is 0.653 bits per heavy atom. The molecule has 1 aromatic heterocycles. The van der Waals surface area contributed by atoms with Crippen molar-refractivity contribution in [2.45, 2.75) is 38.6 Å². The van der Waals surface area contributed by atoms with Crippen molar-refractivity contribution in [2.75, 3.05) is 4.90 Å². The Labute approximate surface area is 287 Å². The fourth-order valence-corrected chi connectivity index (χ4v) is 9.37. The molecule has 4 aliphatic rings. The van der Waals surface area contributed by atoms with Gasteiger partial charge in [-0.1, -0.05) is 130 Å². The highest BCUT2D eigenvalue weighted by Gasteiger charge is 2.48. The second-order valence-electron chi connectivity index (χ2n) is 15.3. The van der Waals surface area contributed by atoms with Crippen LogP contribution in [0.25, 0.3) is 49.8 Å². The summed E-state index contributed by atoms with van der Waals surface area (Å²) in [6.45, 7) is 7.21. The molecule has 0 spiro atoms. The average Bonchev–Trinajstić information content (AvgIpc) is 3.65. The summed E-state index contributed by atoms with van der Waals surface area (Å²) >= 11 is 0. The predicted molar refractivity (Wildman–Crippen MR) is 209 cm³/mol. The van der Waals surface area contributed by atoms with Crippen LogP contribution in [0, 0.1) is 0 Å². The van der Waals surface area contributed by atoms with Gasteiger partial charge in [-0.25, -0.2) is 0 Å². The quantitative estimate of drug-likeness (QED) is 0.174. The normalized spacial score (nSPS) is 16.8. The van der Waals surface area contributed by atoms with Crippen molar-refractivity contribution in [1.29, 1.82) is 0 Å². The lowest BCUT2D eigenvalue weighted by Gasteiger charge is -2.42. The highest BCUT2D eigenvalue weighted by atomic mass is 15.2. The Bertz CT molecular complexity index is 2620. The molecule has 1 unspecified atom stereocenters. The smallest absolute Gasteiger partial charge is 0.252 e. The third-order valence-electron chi connectivity index (χ3n) is 11.6. The maximum atomic E-state index is 2.73. The van der Waals surface area contributed by atoms with Crippen LogP contribution < -0.4 is 21.3 Å². The first-order valence-electron chi connectivity index (χ1n) is 17.7. The van der Waals surface area contributed by atoms with Crippen LogP contribution in [-0.2, 0) is 5.41 Å². The monoisotopic (exact) mass is 626 g/mol. The molecule has 0 bridgehead atoms. The number of rotatable bonds is 2. The van der Waals surface area contributed by atoms with Crippen LogP contribution in [0.5, 0.6) is 0 Å². The zero-order chi connectivity index (χ0) is 32.6. The van der Waals surface area contributed by atoms with Crippen molar-refractivity contribution < 1.29 is 0 Å². The van der Waals surface area contributed by atoms with Gasteiger partial charge < -0.3 is 9.47 Å². The Morgan fingerprint density at radius 2 is 1.39 bits per heavy atom. The minimum atomic E-state index is -0.00826. The zero-order valence-corrected chi connectivity index (χ0v) is 28.0. The first-order chi connectivity index (χ1) is 24.0. The van der Waals surface area contributed by atoms with Crippen LogP contribution >= 0.6 is 0 Å². The average molecular weight is 627 g/mol. The van der Waals surface area contributed by atoms with Gasteiger partial charge in [0.1, 0.15) is 0 Å². The molecule has 49 heavy (non-hydrogen) atoms. The molecule has 0 saturated carbocycles. The van der Waals surface area contributed by atoms with Crippen LogP contribution in [-0.4, -0.2) is 17.3 Å². The van der Waals surface area contributed by atoms with Crippen molar-refractivity contribution in [1.82, 2.24) is 4.57 Å². The van der Waals surface area contributed by atoms with Gasteiger partial charge in [0.15, 0.2) is 0 Å². The van der Waals surface area contributed by atoms with Crippen molar-refractivity contribution in [3.63, 3.8) is 0 Å². The molecule has 0 fully saturated rings. The standard InChI is InChI=1S/C46H35BN2/c1-46(2,3)32-26-41-43-42(27-32)49-40-22-21-30(28-13-6-4-7-14-28)23-35(40)34-18-12-19-37(44(34)49)47(43)38-25-31(29-15-8-5-9-16-29)24-36-33-17-10-11-20-39(33)48(41)45(36)38/h4-21,23-27,40H,22H2,1-3H3. The number of nitrogens with zero attached hydrogens (tertiary/aromatic N) is 2. The molecule has 6 aromatic carbocycles. The van der Waals surface area contributed by atoms with Gasteiger partial charge in [-0.2, -0.15) is 0 Å². The summed E-state index contributed by atoms with van der Waals surface area (Å²) in [5, 5.41) is 2.66. The number of aromatic nitrogens is 1. The van der Waals surface area contributed by atoms with Crippen molar-refractivity contribution in [3.8, 4) is 16.8 Å². The maximum absolute atomic E-state index is 2.73. The van der Waals surface area contributed by atoms with Crippen molar-refractivity contribution in [3.05, 3.63) is 156 Å². The van der Waals surface area contributed by atoms with Crippen LogP contribution in [0.3, 0.4) is 0 Å². The molecular formula is C46H35BN2. The summed E-state index contributed by atoms with van der Waals surface area (Å²) in [6, 6.07) is 48.2. The minimum absolute atomic E-state index is 0.00826. The summed E-state index contributed by atoms with van der Waals surface area (Å²) in [5.74, 6) is 0. The number of hydrogen-bond donors (Lipinski definition) is 0. The third-order valence-corrected chi connectivity index (χ3v) is 11.6. The molecule has 0 saturated heterocycles. The van der Waals surface area contributed by atoms with Gasteiger partial charge in [0.25, 0.3) is 6.71 Å². The molecule has 2 nitrogen and oxygen atoms in total. The highest BCUT2D eigenvalue weighted by molar-refractivity contribution is 7.00. The van der Waals surface area contributed by atoms with Gasteiger partial charge in [0.2, 0.25) is 0 Å². The van der Waals surface area contributed by atoms with Gasteiger partial charge in [-0.15, -0.1) is 0 Å². The van der Waals surface area contributed by atoms with Crippen molar-refractivity contribution >= 4 is 67.4 Å². The molecule has 4 heterocycles.